The van der Waals surface area contributed by atoms with Crippen molar-refractivity contribution in [1.29, 1.82) is 0 Å². The number of carbonyl (C=O) groups is 1. The zero-order valence-corrected chi connectivity index (χ0v) is 15.9. The molecule has 2 aliphatic rings. The van der Waals surface area contributed by atoms with E-state index in [1.165, 1.54) is 0 Å². The number of benzene rings is 2. The molecule has 0 aromatic heterocycles. The fraction of sp³-hybridized carbons (Fsp3) is 0.333. The van der Waals surface area contributed by atoms with Gasteiger partial charge < -0.3 is 25.7 Å². The molecule has 144 valence electrons. The van der Waals surface area contributed by atoms with Crippen molar-refractivity contribution in [2.45, 2.75) is 30.7 Å². The number of thiocarbonyl (C=S) groups is 1. The van der Waals surface area contributed by atoms with E-state index in [2.05, 4.69) is 16.6 Å². The zero-order valence-electron chi connectivity index (χ0n) is 15.1. The highest BCUT2D eigenvalue weighted by atomic mass is 32.1. The first kappa shape index (κ1) is 18.7. The Hall–Kier alpha value is -2.66. The molecule has 2 aromatic carbocycles. The molecule has 2 aromatic rings. The van der Waals surface area contributed by atoms with E-state index in [1.54, 1.807) is 0 Å². The second-order valence-corrected chi connectivity index (χ2v) is 7.54. The lowest BCUT2D eigenvalue weighted by atomic mass is 9.77. The minimum Gasteiger partial charge on any atom is -0.390 e. The lowest BCUT2D eigenvalue weighted by Crippen LogP contribution is -2.61. The van der Waals surface area contributed by atoms with Gasteiger partial charge in [-0.15, -0.1) is 6.42 Å². The summed E-state index contributed by atoms with van der Waals surface area (Å²) in [6.07, 6.45) is 3.35. The number of aliphatic hydroxyl groups excluding tert-OH is 2. The Labute approximate surface area is 168 Å². The number of amides is 1. The highest BCUT2D eigenvalue weighted by molar-refractivity contribution is 7.80. The Kier molecular flexibility index (Phi) is 4.94. The van der Waals surface area contributed by atoms with E-state index in [4.69, 9.17) is 18.6 Å². The van der Waals surface area contributed by atoms with Crippen molar-refractivity contribution in [2.75, 3.05) is 11.4 Å². The number of fused-ring (bicyclic) bond motifs is 2. The molecule has 2 fully saturated rings. The molecule has 1 saturated heterocycles. The van der Waals surface area contributed by atoms with Gasteiger partial charge in [0.2, 0.25) is 5.91 Å². The van der Waals surface area contributed by atoms with Crippen LogP contribution >= 0.6 is 12.2 Å². The zero-order chi connectivity index (χ0) is 19.8. The molecule has 28 heavy (non-hydrogen) atoms. The first-order chi connectivity index (χ1) is 13.5. The maximum Gasteiger partial charge on any atom is 0.226 e. The Morgan fingerprint density at radius 3 is 2.82 bits per heavy atom. The van der Waals surface area contributed by atoms with Gasteiger partial charge in [-0.25, -0.2) is 0 Å². The molecule has 1 amide bonds. The van der Waals surface area contributed by atoms with E-state index in [0.29, 0.717) is 5.11 Å². The number of hydrogen-bond acceptors (Lipinski definition) is 4. The normalized spacial score (nSPS) is 29.1. The molecule has 1 saturated carbocycles. The number of nitrogens with one attached hydrogen (secondary N) is 2. The van der Waals surface area contributed by atoms with E-state index in [0.717, 1.165) is 16.5 Å². The topological polar surface area (TPSA) is 84.8 Å². The molecule has 0 spiro atoms. The summed E-state index contributed by atoms with van der Waals surface area (Å²) in [5.74, 6) is 1.56. The van der Waals surface area contributed by atoms with Crippen LogP contribution in [-0.2, 0) is 4.79 Å². The number of nitrogens with zero attached hydrogens (tertiary/aromatic N) is 1. The third-order valence-electron chi connectivity index (χ3n) is 5.57. The van der Waals surface area contributed by atoms with Crippen LogP contribution in [0.15, 0.2) is 42.5 Å². The Bertz CT molecular complexity index is 968. The summed E-state index contributed by atoms with van der Waals surface area (Å²) in [7, 11) is 0. The summed E-state index contributed by atoms with van der Waals surface area (Å²) in [4.78, 5) is 14.7. The van der Waals surface area contributed by atoms with Gasteiger partial charge in [0.15, 0.2) is 5.11 Å². The minimum atomic E-state index is -1.03. The minimum absolute atomic E-state index is 0.109. The molecular weight excluding hydrogens is 374 g/mol. The maximum absolute atomic E-state index is 12.8. The monoisotopic (exact) mass is 395 g/mol. The molecule has 4 N–H and O–H groups in total. The fourth-order valence-electron chi connectivity index (χ4n) is 4.31. The molecule has 1 aliphatic heterocycles. The molecular formula is C21H21N3O3S. The van der Waals surface area contributed by atoms with E-state index < -0.39 is 30.2 Å². The summed E-state index contributed by atoms with van der Waals surface area (Å²) in [5, 5.41) is 29.2. The van der Waals surface area contributed by atoms with Crippen LogP contribution in [0.2, 0.25) is 0 Å². The average molecular weight is 395 g/mol. The van der Waals surface area contributed by atoms with Crippen molar-refractivity contribution in [3.63, 3.8) is 0 Å². The van der Waals surface area contributed by atoms with Gasteiger partial charge in [0, 0.05) is 5.39 Å². The van der Waals surface area contributed by atoms with Crippen LogP contribution in [0, 0.1) is 18.3 Å². The first-order valence-corrected chi connectivity index (χ1v) is 9.58. The number of terminal acetylenes is 1. The van der Waals surface area contributed by atoms with Crippen molar-refractivity contribution in [3.05, 3.63) is 42.5 Å². The van der Waals surface area contributed by atoms with Gasteiger partial charge in [-0.2, -0.15) is 0 Å². The summed E-state index contributed by atoms with van der Waals surface area (Å²) in [5.41, 5.74) is 0.862. The van der Waals surface area contributed by atoms with E-state index in [9.17, 15) is 15.0 Å². The standard InChI is InChI=1S/C21H21N3O3S/c1-2-10-22-20(27)14-11-16(25)19(26)17-18(14)24(21(28)23-17)15-9-5-7-12-6-3-4-8-13(12)15/h1,3-9,14,16-19,25-26H,10-11H2,(H,22,27)(H,23,28)/t14-,16-,17-,18-,19+/m1/s1. The van der Waals surface area contributed by atoms with Crippen LogP contribution in [-0.4, -0.2) is 52.1 Å². The third-order valence-corrected chi connectivity index (χ3v) is 5.89. The van der Waals surface area contributed by atoms with Crippen LogP contribution in [0.4, 0.5) is 5.69 Å². The average Bonchev–Trinajstić information content (AvgIpc) is 3.05. The highest BCUT2D eigenvalue weighted by Crippen LogP contribution is 2.39. The largest absolute Gasteiger partial charge is 0.390 e. The predicted octanol–water partition coefficient (Wildman–Crippen LogP) is 0.763. The van der Waals surface area contributed by atoms with Crippen LogP contribution in [0.1, 0.15) is 6.42 Å². The van der Waals surface area contributed by atoms with Crippen molar-refractivity contribution in [2.24, 2.45) is 5.92 Å². The maximum atomic E-state index is 12.8. The second-order valence-electron chi connectivity index (χ2n) is 7.16. The number of hydrogen-bond donors (Lipinski definition) is 4. The van der Waals surface area contributed by atoms with Crippen LogP contribution in [0.25, 0.3) is 10.8 Å². The molecule has 6 nitrogen and oxygen atoms in total. The Morgan fingerprint density at radius 1 is 1.29 bits per heavy atom. The summed E-state index contributed by atoms with van der Waals surface area (Å²) in [6, 6.07) is 12.8. The summed E-state index contributed by atoms with van der Waals surface area (Å²) >= 11 is 5.58. The number of aliphatic hydroxyl groups is 2. The lowest BCUT2D eigenvalue weighted by molar-refractivity contribution is -0.130. The molecule has 0 unspecified atom stereocenters. The molecule has 7 heteroatoms. The number of rotatable bonds is 3. The van der Waals surface area contributed by atoms with Crippen LogP contribution < -0.4 is 15.5 Å². The van der Waals surface area contributed by atoms with Gasteiger partial charge in [-0.05, 0) is 30.1 Å². The quantitative estimate of drug-likeness (QED) is 0.454. The molecule has 1 aliphatic carbocycles. The van der Waals surface area contributed by atoms with Gasteiger partial charge in [0.25, 0.3) is 0 Å². The number of anilines is 1. The molecule has 0 bridgehead atoms. The van der Waals surface area contributed by atoms with E-state index in [1.807, 2.05) is 47.4 Å². The van der Waals surface area contributed by atoms with Gasteiger partial charge in [0.1, 0.15) is 6.10 Å². The molecule has 0 radical (unpaired) electrons. The third kappa shape index (κ3) is 3.00. The van der Waals surface area contributed by atoms with Crippen LogP contribution in [0.3, 0.4) is 0 Å². The molecule has 4 rings (SSSR count). The summed E-state index contributed by atoms with van der Waals surface area (Å²) in [6.45, 7) is 0.109. The second kappa shape index (κ2) is 7.40. The number of carbonyl (C=O) groups excluding carboxylic acids is 1. The van der Waals surface area contributed by atoms with Crippen molar-refractivity contribution in [3.8, 4) is 12.3 Å². The van der Waals surface area contributed by atoms with Gasteiger partial charge in [0.05, 0.1) is 36.3 Å². The molecule has 1 heterocycles. The Morgan fingerprint density at radius 2 is 2.04 bits per heavy atom. The molecule has 5 atom stereocenters. The smallest absolute Gasteiger partial charge is 0.226 e. The van der Waals surface area contributed by atoms with Crippen molar-refractivity contribution < 1.29 is 15.0 Å². The van der Waals surface area contributed by atoms with E-state index in [-0.39, 0.29) is 18.9 Å². The SMILES string of the molecule is C#CCNC(=O)[C@@H]1C[C@@H](O)[C@H](O)[C@@H]2NC(=S)N(c3cccc4ccccc34)[C@@H]21. The first-order valence-electron chi connectivity index (χ1n) is 9.17. The Balaban J connectivity index is 1.79. The van der Waals surface area contributed by atoms with Crippen LogP contribution in [0.5, 0.6) is 0 Å². The lowest BCUT2D eigenvalue weighted by Gasteiger charge is -2.41. The predicted molar refractivity (Wildman–Crippen MR) is 112 cm³/mol. The highest BCUT2D eigenvalue weighted by Gasteiger charge is 2.54. The van der Waals surface area contributed by atoms with Crippen molar-refractivity contribution in [1.82, 2.24) is 10.6 Å². The fourth-order valence-corrected chi connectivity index (χ4v) is 4.67. The van der Waals surface area contributed by atoms with Gasteiger partial charge >= 0.3 is 0 Å². The van der Waals surface area contributed by atoms with Gasteiger partial charge in [-0.1, -0.05) is 42.3 Å². The summed E-state index contributed by atoms with van der Waals surface area (Å²) < 4.78 is 0. The van der Waals surface area contributed by atoms with E-state index >= 15 is 0 Å². The van der Waals surface area contributed by atoms with Gasteiger partial charge in [-0.3, -0.25) is 4.79 Å². The van der Waals surface area contributed by atoms with Crippen molar-refractivity contribution >= 4 is 39.7 Å².